The molecule has 2 aromatic heterocycles. The molecule has 7 nitrogen and oxygen atoms in total. The molecule has 2 aromatic carbocycles. The lowest BCUT2D eigenvalue weighted by molar-refractivity contribution is -0.121. The predicted molar refractivity (Wildman–Crippen MR) is 126 cm³/mol. The number of aromatic nitrogens is 3. The van der Waals surface area contributed by atoms with Crippen LogP contribution < -0.4 is 16.6 Å². The number of aromatic amines is 1. The van der Waals surface area contributed by atoms with Gasteiger partial charge in [0.1, 0.15) is 6.54 Å². The Hall–Kier alpha value is -3.29. The van der Waals surface area contributed by atoms with Crippen LogP contribution in [0.15, 0.2) is 70.5 Å². The van der Waals surface area contributed by atoms with Crippen molar-refractivity contribution in [2.45, 2.75) is 12.5 Å². The van der Waals surface area contributed by atoms with Crippen LogP contribution in [0.2, 0.25) is 10.0 Å². The van der Waals surface area contributed by atoms with Crippen LogP contribution >= 0.6 is 23.2 Å². The maximum Gasteiger partial charge on any atom is 0.331 e. The third kappa shape index (κ3) is 4.35. The molecule has 9 heteroatoms. The van der Waals surface area contributed by atoms with E-state index in [9.17, 15) is 14.4 Å². The van der Waals surface area contributed by atoms with Gasteiger partial charge in [-0.1, -0.05) is 47.5 Å². The summed E-state index contributed by atoms with van der Waals surface area (Å²) in [7, 11) is 1.37. The Bertz CT molecular complexity index is 1420. The van der Waals surface area contributed by atoms with Crippen LogP contribution in [-0.4, -0.2) is 26.6 Å². The van der Waals surface area contributed by atoms with Crippen molar-refractivity contribution >= 4 is 40.0 Å². The van der Waals surface area contributed by atoms with Gasteiger partial charge in [-0.25, -0.2) is 4.79 Å². The topological polar surface area (TPSA) is 88.9 Å². The fourth-order valence-electron chi connectivity index (χ4n) is 3.72. The molecule has 0 aliphatic heterocycles. The molecule has 2 N–H and O–H groups in total. The smallest absolute Gasteiger partial charge is 0.331 e. The molecule has 0 saturated carbocycles. The summed E-state index contributed by atoms with van der Waals surface area (Å²) < 4.78 is 2.14. The van der Waals surface area contributed by atoms with E-state index in [1.165, 1.54) is 23.9 Å². The summed E-state index contributed by atoms with van der Waals surface area (Å²) in [5, 5.41) is 4.93. The Labute approximate surface area is 193 Å². The van der Waals surface area contributed by atoms with Gasteiger partial charge in [0, 0.05) is 58.9 Å². The lowest BCUT2D eigenvalue weighted by Gasteiger charge is -2.20. The molecule has 1 unspecified atom stereocenters. The molecule has 0 spiro atoms. The second-order valence-corrected chi connectivity index (χ2v) is 8.28. The minimum Gasteiger partial charge on any atom is -0.361 e. The zero-order chi connectivity index (χ0) is 22.8. The van der Waals surface area contributed by atoms with E-state index in [1.54, 1.807) is 12.1 Å². The van der Waals surface area contributed by atoms with E-state index in [0.29, 0.717) is 10.0 Å². The van der Waals surface area contributed by atoms with Gasteiger partial charge < -0.3 is 10.3 Å². The zero-order valence-corrected chi connectivity index (χ0v) is 18.7. The maximum atomic E-state index is 12.6. The van der Waals surface area contributed by atoms with Crippen LogP contribution in [0.3, 0.4) is 0 Å². The van der Waals surface area contributed by atoms with Crippen molar-refractivity contribution in [1.29, 1.82) is 0 Å². The van der Waals surface area contributed by atoms with Gasteiger partial charge in [0.05, 0.1) is 0 Å². The molecular formula is C23H20Cl2N4O3. The van der Waals surface area contributed by atoms with E-state index in [4.69, 9.17) is 23.2 Å². The number of nitrogens with one attached hydrogen (secondary N) is 2. The van der Waals surface area contributed by atoms with E-state index < -0.39 is 11.2 Å². The Kier molecular flexibility index (Phi) is 6.21. The molecule has 0 bridgehead atoms. The van der Waals surface area contributed by atoms with Crippen molar-refractivity contribution in [3.63, 3.8) is 0 Å². The van der Waals surface area contributed by atoms with Gasteiger partial charge in [-0.3, -0.25) is 18.7 Å². The van der Waals surface area contributed by atoms with E-state index in [2.05, 4.69) is 10.3 Å². The third-order valence-electron chi connectivity index (χ3n) is 5.41. The Morgan fingerprint density at radius 2 is 1.88 bits per heavy atom. The monoisotopic (exact) mass is 470 g/mol. The van der Waals surface area contributed by atoms with Gasteiger partial charge in [-0.2, -0.15) is 0 Å². The van der Waals surface area contributed by atoms with Gasteiger partial charge in [0.25, 0.3) is 5.56 Å². The van der Waals surface area contributed by atoms with Crippen molar-refractivity contribution < 1.29 is 4.79 Å². The molecule has 4 aromatic rings. The second kappa shape index (κ2) is 9.06. The zero-order valence-electron chi connectivity index (χ0n) is 17.1. The minimum absolute atomic E-state index is 0.206. The predicted octanol–water partition coefficient (Wildman–Crippen LogP) is 3.28. The normalized spacial score (nSPS) is 12.1. The van der Waals surface area contributed by atoms with Gasteiger partial charge in [-0.05, 0) is 29.3 Å². The van der Waals surface area contributed by atoms with E-state index in [-0.39, 0.29) is 24.9 Å². The molecule has 1 atom stereocenters. The summed E-state index contributed by atoms with van der Waals surface area (Å²) >= 11 is 12.6. The minimum atomic E-state index is -0.554. The molecule has 0 radical (unpaired) electrons. The first-order valence-corrected chi connectivity index (χ1v) is 10.6. The van der Waals surface area contributed by atoms with Gasteiger partial charge in [0.15, 0.2) is 0 Å². The second-order valence-electron chi connectivity index (χ2n) is 7.44. The van der Waals surface area contributed by atoms with Crippen molar-refractivity contribution in [2.24, 2.45) is 7.05 Å². The number of H-pyrrole nitrogens is 1. The molecule has 0 fully saturated rings. The highest BCUT2D eigenvalue weighted by Gasteiger charge is 2.22. The number of halogens is 2. The van der Waals surface area contributed by atoms with Crippen molar-refractivity contribution in [3.8, 4) is 0 Å². The van der Waals surface area contributed by atoms with Crippen molar-refractivity contribution in [1.82, 2.24) is 19.4 Å². The fourth-order valence-corrected chi connectivity index (χ4v) is 4.26. The first kappa shape index (κ1) is 21.9. The number of para-hydroxylation sites is 1. The summed E-state index contributed by atoms with van der Waals surface area (Å²) in [5.41, 5.74) is 1.79. The Morgan fingerprint density at radius 3 is 2.66 bits per heavy atom. The van der Waals surface area contributed by atoms with E-state index in [1.807, 2.05) is 36.5 Å². The van der Waals surface area contributed by atoms with Gasteiger partial charge in [-0.15, -0.1) is 0 Å². The number of carbonyl (C=O) groups excluding carboxylic acids is 1. The van der Waals surface area contributed by atoms with E-state index in [0.717, 1.165) is 26.6 Å². The number of amides is 1. The fraction of sp³-hybridized carbons (Fsp3) is 0.174. The van der Waals surface area contributed by atoms with Gasteiger partial charge >= 0.3 is 5.69 Å². The highest BCUT2D eigenvalue weighted by atomic mass is 35.5. The van der Waals surface area contributed by atoms with Crippen LogP contribution in [0.1, 0.15) is 17.0 Å². The Balaban J connectivity index is 1.63. The highest BCUT2D eigenvalue weighted by molar-refractivity contribution is 6.35. The number of benzene rings is 2. The molecule has 4 rings (SSSR count). The molecule has 0 saturated heterocycles. The van der Waals surface area contributed by atoms with Gasteiger partial charge in [0.2, 0.25) is 5.91 Å². The average molecular weight is 471 g/mol. The summed E-state index contributed by atoms with van der Waals surface area (Å²) in [6, 6.07) is 14.4. The van der Waals surface area contributed by atoms with Crippen LogP contribution in [0.4, 0.5) is 0 Å². The third-order valence-corrected chi connectivity index (χ3v) is 5.97. The molecule has 2 heterocycles. The standard InChI is InChI=1S/C23H20Cl2N4O3/c1-28-22(31)8-9-29(23(28)32)13-21(30)27-12-17(15-7-6-14(24)10-19(15)25)18-11-26-20-5-3-2-4-16(18)20/h2-11,17,26H,12-13H2,1H3,(H,27,30). The summed E-state index contributed by atoms with van der Waals surface area (Å²) in [5.74, 6) is -0.614. The lowest BCUT2D eigenvalue weighted by atomic mass is 9.90. The molecule has 32 heavy (non-hydrogen) atoms. The Morgan fingerprint density at radius 1 is 1.09 bits per heavy atom. The first-order valence-electron chi connectivity index (χ1n) is 9.89. The molecule has 0 aliphatic rings. The largest absolute Gasteiger partial charge is 0.361 e. The SMILES string of the molecule is Cn1c(=O)ccn(CC(=O)NCC(c2ccc(Cl)cc2Cl)c2c[nH]c3ccccc23)c1=O. The quantitative estimate of drug-likeness (QED) is 0.453. The average Bonchev–Trinajstić information content (AvgIpc) is 3.19. The number of nitrogens with zero attached hydrogens (tertiary/aromatic N) is 2. The number of carbonyl (C=O) groups is 1. The number of hydrogen-bond donors (Lipinski definition) is 2. The molecule has 1 amide bonds. The van der Waals surface area contributed by atoms with Crippen LogP contribution in [-0.2, 0) is 18.4 Å². The molecular weight excluding hydrogens is 451 g/mol. The highest BCUT2D eigenvalue weighted by Crippen LogP contribution is 2.35. The van der Waals surface area contributed by atoms with Crippen LogP contribution in [0.5, 0.6) is 0 Å². The number of fused-ring (bicyclic) bond motifs is 1. The van der Waals surface area contributed by atoms with Crippen molar-refractivity contribution in [2.75, 3.05) is 6.54 Å². The van der Waals surface area contributed by atoms with Crippen LogP contribution in [0, 0.1) is 0 Å². The first-order chi connectivity index (χ1) is 15.3. The maximum absolute atomic E-state index is 12.6. The van der Waals surface area contributed by atoms with Crippen LogP contribution in [0.25, 0.3) is 10.9 Å². The summed E-state index contributed by atoms with van der Waals surface area (Å²) in [6.07, 6.45) is 3.22. The number of rotatable bonds is 6. The summed E-state index contributed by atoms with van der Waals surface area (Å²) in [4.78, 5) is 39.7. The molecule has 0 aliphatic carbocycles. The molecule has 164 valence electrons. The summed E-state index contributed by atoms with van der Waals surface area (Å²) in [6.45, 7) is 0.0461. The number of hydrogen-bond acceptors (Lipinski definition) is 3. The van der Waals surface area contributed by atoms with Crippen molar-refractivity contribution in [3.05, 3.63) is 103 Å². The van der Waals surface area contributed by atoms with E-state index >= 15 is 0 Å². The lowest BCUT2D eigenvalue weighted by Crippen LogP contribution is -2.40.